The van der Waals surface area contributed by atoms with Crippen LogP contribution in [0.5, 0.6) is 11.5 Å². The summed E-state index contributed by atoms with van der Waals surface area (Å²) in [6.07, 6.45) is -0.994. The van der Waals surface area contributed by atoms with Crippen LogP contribution < -0.4 is 16.0 Å². The molecule has 5 rings (SSSR count). The lowest BCUT2D eigenvalue weighted by Crippen LogP contribution is -2.29. The van der Waals surface area contributed by atoms with Gasteiger partial charge in [0.15, 0.2) is 0 Å². The van der Waals surface area contributed by atoms with Crippen molar-refractivity contribution in [2.45, 2.75) is 33.0 Å². The molecule has 7 heteroatoms. The molecule has 2 unspecified atom stereocenters. The summed E-state index contributed by atoms with van der Waals surface area (Å²) in [5.41, 5.74) is 1.08. The zero-order chi connectivity index (χ0) is 21.9. The van der Waals surface area contributed by atoms with E-state index in [0.29, 0.717) is 16.4 Å². The van der Waals surface area contributed by atoms with Crippen molar-refractivity contribution in [1.29, 1.82) is 0 Å². The Hall–Kier alpha value is -3.58. The van der Waals surface area contributed by atoms with E-state index in [2.05, 4.69) is 0 Å². The van der Waals surface area contributed by atoms with Crippen molar-refractivity contribution in [3.05, 3.63) is 79.5 Å². The van der Waals surface area contributed by atoms with Crippen LogP contribution in [0.4, 0.5) is 0 Å². The summed E-state index contributed by atoms with van der Waals surface area (Å²) < 4.78 is 22.8. The lowest BCUT2D eigenvalue weighted by atomic mass is 9.91. The number of hydrogen-bond acceptors (Lipinski definition) is 7. The first-order chi connectivity index (χ1) is 14.9. The van der Waals surface area contributed by atoms with Crippen LogP contribution in [0, 0.1) is 13.8 Å². The van der Waals surface area contributed by atoms with Gasteiger partial charge in [-0.05, 0) is 56.2 Å². The van der Waals surface area contributed by atoms with Gasteiger partial charge in [-0.3, -0.25) is 0 Å². The van der Waals surface area contributed by atoms with E-state index in [1.807, 2.05) is 19.9 Å². The molecule has 2 aromatic heterocycles. The molecule has 0 bridgehead atoms. The summed E-state index contributed by atoms with van der Waals surface area (Å²) in [4.78, 5) is 25.9. The van der Waals surface area contributed by atoms with Crippen molar-refractivity contribution in [3.8, 4) is 11.5 Å². The fourth-order valence-electron chi connectivity index (χ4n) is 4.17. The Balaban J connectivity index is 1.82. The molecule has 0 saturated carbocycles. The Bertz CT molecular complexity index is 1460. The predicted molar refractivity (Wildman–Crippen MR) is 114 cm³/mol. The van der Waals surface area contributed by atoms with Crippen molar-refractivity contribution in [2.24, 2.45) is 0 Å². The lowest BCUT2D eigenvalue weighted by Gasteiger charge is -2.19. The quantitative estimate of drug-likeness (QED) is 0.498. The van der Waals surface area contributed by atoms with Crippen molar-refractivity contribution >= 4 is 21.9 Å². The molecule has 0 spiro atoms. The standard InChI is InChI=1S/C24H20O7/c1-4-28-24-17(18-20(25)13-7-5-11(2)9-15(13)29-22(18)26)19-21(31-24)14-8-6-12(3)10-16(14)30-23(19)27/h5-10,17,24-25H,4H2,1-3H3. The number of ether oxygens (including phenoxy) is 2. The molecule has 1 aliphatic heterocycles. The molecule has 1 N–H and O–H groups in total. The van der Waals surface area contributed by atoms with E-state index >= 15 is 0 Å². The number of aromatic hydroxyl groups is 1. The van der Waals surface area contributed by atoms with Crippen LogP contribution in [0.25, 0.3) is 21.9 Å². The minimum atomic E-state index is -1.00. The average Bonchev–Trinajstić information content (AvgIpc) is 3.07. The second-order valence-corrected chi connectivity index (χ2v) is 7.70. The molecular weight excluding hydrogens is 400 g/mol. The van der Waals surface area contributed by atoms with Crippen molar-refractivity contribution in [2.75, 3.05) is 6.61 Å². The number of benzene rings is 2. The minimum absolute atomic E-state index is 0.0904. The Morgan fingerprint density at radius 1 is 0.903 bits per heavy atom. The first kappa shape index (κ1) is 19.4. The van der Waals surface area contributed by atoms with Gasteiger partial charge < -0.3 is 23.4 Å². The maximum atomic E-state index is 13.0. The third kappa shape index (κ3) is 2.92. The summed E-state index contributed by atoms with van der Waals surface area (Å²) >= 11 is 0. The van der Waals surface area contributed by atoms with Crippen LogP contribution in [-0.4, -0.2) is 18.0 Å². The molecule has 7 nitrogen and oxygen atoms in total. The summed E-state index contributed by atoms with van der Waals surface area (Å²) in [7, 11) is 0. The highest BCUT2D eigenvalue weighted by atomic mass is 16.7. The predicted octanol–water partition coefficient (Wildman–Crippen LogP) is 4.11. The van der Waals surface area contributed by atoms with Crippen LogP contribution >= 0.6 is 0 Å². The summed E-state index contributed by atoms with van der Waals surface area (Å²) in [6.45, 7) is 5.79. The third-order valence-corrected chi connectivity index (χ3v) is 5.58. The number of rotatable bonds is 3. The maximum absolute atomic E-state index is 13.0. The normalized spacial score (nSPS) is 17.8. The van der Waals surface area contributed by atoms with E-state index in [1.54, 1.807) is 37.3 Å². The molecule has 158 valence electrons. The summed E-state index contributed by atoms with van der Waals surface area (Å²) in [5.74, 6) is -0.975. The van der Waals surface area contributed by atoms with Gasteiger partial charge in [0, 0.05) is 6.61 Å². The number of fused-ring (bicyclic) bond motifs is 4. The van der Waals surface area contributed by atoms with Gasteiger partial charge in [-0.2, -0.15) is 0 Å². The molecule has 31 heavy (non-hydrogen) atoms. The van der Waals surface area contributed by atoms with Gasteiger partial charge in [-0.25, -0.2) is 9.59 Å². The van der Waals surface area contributed by atoms with Crippen molar-refractivity contribution in [1.82, 2.24) is 0 Å². The van der Waals surface area contributed by atoms with Crippen LogP contribution in [0.3, 0.4) is 0 Å². The van der Waals surface area contributed by atoms with E-state index in [-0.39, 0.29) is 34.8 Å². The highest BCUT2D eigenvalue weighted by molar-refractivity contribution is 5.88. The number of aryl methyl sites for hydroxylation is 2. The average molecular weight is 420 g/mol. The highest BCUT2D eigenvalue weighted by Crippen LogP contribution is 2.46. The van der Waals surface area contributed by atoms with Gasteiger partial charge in [0.25, 0.3) is 0 Å². The maximum Gasteiger partial charge on any atom is 0.344 e. The molecule has 1 aliphatic rings. The topological polar surface area (TPSA) is 99.1 Å². The summed E-state index contributed by atoms with van der Waals surface area (Å²) in [5, 5.41) is 12.0. The zero-order valence-electron chi connectivity index (χ0n) is 17.2. The smallest absolute Gasteiger partial charge is 0.344 e. The molecule has 0 fully saturated rings. The Labute approximate surface area is 176 Å². The fourth-order valence-corrected chi connectivity index (χ4v) is 4.17. The van der Waals surface area contributed by atoms with E-state index < -0.39 is 23.5 Å². The second-order valence-electron chi connectivity index (χ2n) is 7.70. The van der Waals surface area contributed by atoms with Gasteiger partial charge in [0.05, 0.1) is 27.8 Å². The van der Waals surface area contributed by atoms with Gasteiger partial charge in [-0.1, -0.05) is 12.1 Å². The molecule has 2 aromatic carbocycles. The fraction of sp³-hybridized carbons (Fsp3) is 0.250. The van der Waals surface area contributed by atoms with E-state index in [0.717, 1.165) is 11.1 Å². The molecule has 0 aliphatic carbocycles. The molecule has 3 heterocycles. The van der Waals surface area contributed by atoms with Gasteiger partial charge in [-0.15, -0.1) is 0 Å². The van der Waals surface area contributed by atoms with Gasteiger partial charge in [0.2, 0.25) is 6.29 Å². The minimum Gasteiger partial charge on any atom is -0.507 e. The van der Waals surface area contributed by atoms with Crippen molar-refractivity contribution < 1.29 is 23.4 Å². The van der Waals surface area contributed by atoms with Gasteiger partial charge >= 0.3 is 11.3 Å². The molecule has 2 atom stereocenters. The zero-order valence-corrected chi connectivity index (χ0v) is 17.2. The third-order valence-electron chi connectivity index (χ3n) is 5.58. The van der Waals surface area contributed by atoms with E-state index in [1.165, 1.54) is 0 Å². The first-order valence-corrected chi connectivity index (χ1v) is 10.0. The molecule has 4 aromatic rings. The van der Waals surface area contributed by atoms with Crippen molar-refractivity contribution in [3.63, 3.8) is 0 Å². The monoisotopic (exact) mass is 420 g/mol. The van der Waals surface area contributed by atoms with E-state index in [4.69, 9.17) is 18.3 Å². The Morgan fingerprint density at radius 2 is 1.48 bits per heavy atom. The highest BCUT2D eigenvalue weighted by Gasteiger charge is 2.44. The van der Waals surface area contributed by atoms with Crippen LogP contribution in [0.1, 0.15) is 35.1 Å². The Kier molecular flexibility index (Phi) is 4.37. The van der Waals surface area contributed by atoms with E-state index in [9.17, 15) is 14.7 Å². The Morgan fingerprint density at radius 3 is 2.13 bits per heavy atom. The second kappa shape index (κ2) is 6.99. The molecule has 0 saturated heterocycles. The summed E-state index contributed by atoms with van der Waals surface area (Å²) in [6, 6.07) is 10.6. The molecule has 0 amide bonds. The SMILES string of the molecule is CCOC1Oc2c(c(=O)oc3cc(C)ccc23)C1c1c(O)c2ccc(C)cc2oc1=O. The number of hydrogen-bond donors (Lipinski definition) is 1. The lowest BCUT2D eigenvalue weighted by molar-refractivity contribution is -0.0698. The largest absolute Gasteiger partial charge is 0.507 e. The van der Waals surface area contributed by atoms with Crippen LogP contribution in [0.15, 0.2) is 54.8 Å². The van der Waals surface area contributed by atoms with Crippen LogP contribution in [0.2, 0.25) is 0 Å². The molecular formula is C24H20O7. The first-order valence-electron chi connectivity index (χ1n) is 10.0. The molecule has 0 radical (unpaired) electrons. The van der Waals surface area contributed by atoms with Crippen LogP contribution in [-0.2, 0) is 4.74 Å². The van der Waals surface area contributed by atoms with Gasteiger partial charge in [0.1, 0.15) is 22.7 Å².